The molecule has 7 heteroatoms. The lowest BCUT2D eigenvalue weighted by Crippen LogP contribution is -2.36. The molecule has 0 bridgehead atoms. The van der Waals surface area contributed by atoms with Crippen LogP contribution in [0.25, 0.3) is 0 Å². The van der Waals surface area contributed by atoms with Crippen molar-refractivity contribution in [2.75, 3.05) is 12.3 Å². The van der Waals surface area contributed by atoms with Gasteiger partial charge in [-0.05, 0) is 42.7 Å². The van der Waals surface area contributed by atoms with Crippen LogP contribution in [0.1, 0.15) is 38.8 Å². The van der Waals surface area contributed by atoms with E-state index in [2.05, 4.69) is 6.07 Å². The summed E-state index contributed by atoms with van der Waals surface area (Å²) in [5.74, 6) is -1.09. The first-order valence-electron chi connectivity index (χ1n) is 8.40. The summed E-state index contributed by atoms with van der Waals surface area (Å²) in [6.07, 6.45) is 0.789. The van der Waals surface area contributed by atoms with Crippen LogP contribution >= 0.6 is 0 Å². The Kier molecular flexibility index (Phi) is 5.08. The summed E-state index contributed by atoms with van der Waals surface area (Å²) in [6, 6.07) is 14.2. The normalized spacial score (nSPS) is 13.8. The van der Waals surface area contributed by atoms with Crippen molar-refractivity contribution in [3.05, 3.63) is 70.8 Å². The maximum absolute atomic E-state index is 12.8. The number of carbonyl (C=O) groups is 2. The minimum Gasteiger partial charge on any atom is -0.334 e. The van der Waals surface area contributed by atoms with E-state index in [-0.39, 0.29) is 17.2 Å². The lowest BCUT2D eigenvalue weighted by molar-refractivity contribution is 0.0734. The average Bonchev–Trinajstić information content (AvgIpc) is 2.66. The van der Waals surface area contributed by atoms with Gasteiger partial charge in [0.15, 0.2) is 0 Å². The summed E-state index contributed by atoms with van der Waals surface area (Å²) >= 11 is 0. The van der Waals surface area contributed by atoms with Gasteiger partial charge in [0, 0.05) is 24.2 Å². The van der Waals surface area contributed by atoms with E-state index in [1.54, 1.807) is 17.0 Å². The second kappa shape index (κ2) is 7.29. The van der Waals surface area contributed by atoms with E-state index in [1.165, 1.54) is 24.6 Å². The molecule has 0 radical (unpaired) electrons. The summed E-state index contributed by atoms with van der Waals surface area (Å²) in [5, 5.41) is 0. The van der Waals surface area contributed by atoms with E-state index in [1.807, 2.05) is 22.9 Å². The van der Waals surface area contributed by atoms with Gasteiger partial charge in [-0.3, -0.25) is 9.59 Å². The minimum atomic E-state index is -3.65. The van der Waals surface area contributed by atoms with Crippen LogP contribution < -0.4 is 4.72 Å². The molecule has 0 aromatic heterocycles. The quantitative estimate of drug-likeness (QED) is 0.889. The number of carbonyl (C=O) groups excluding carboxylic acids is 2. The van der Waals surface area contributed by atoms with Crippen molar-refractivity contribution >= 4 is 21.8 Å². The lowest BCUT2D eigenvalue weighted by atomic mass is 9.99. The summed E-state index contributed by atoms with van der Waals surface area (Å²) < 4.78 is 25.1. The van der Waals surface area contributed by atoms with Crippen molar-refractivity contribution in [1.82, 2.24) is 9.62 Å². The van der Waals surface area contributed by atoms with Gasteiger partial charge in [-0.25, -0.2) is 13.1 Å². The number of benzene rings is 2. The van der Waals surface area contributed by atoms with E-state index in [4.69, 9.17) is 0 Å². The molecule has 0 unspecified atom stereocenters. The summed E-state index contributed by atoms with van der Waals surface area (Å²) in [5.41, 5.74) is 2.88. The van der Waals surface area contributed by atoms with Crippen molar-refractivity contribution in [3.8, 4) is 0 Å². The van der Waals surface area contributed by atoms with Gasteiger partial charge in [0.25, 0.3) is 11.8 Å². The van der Waals surface area contributed by atoms with Gasteiger partial charge in [-0.1, -0.05) is 30.3 Å². The Morgan fingerprint density at radius 1 is 1.04 bits per heavy atom. The fourth-order valence-corrected chi connectivity index (χ4v) is 3.46. The van der Waals surface area contributed by atoms with E-state index >= 15 is 0 Å². The minimum absolute atomic E-state index is 0.144. The predicted octanol–water partition coefficient (Wildman–Crippen LogP) is 1.96. The van der Waals surface area contributed by atoms with Crippen molar-refractivity contribution in [1.29, 1.82) is 0 Å². The second-order valence-electron chi connectivity index (χ2n) is 6.16. The van der Waals surface area contributed by atoms with Crippen LogP contribution in [0.5, 0.6) is 0 Å². The highest BCUT2D eigenvalue weighted by Crippen LogP contribution is 2.20. The number of hydrogen-bond acceptors (Lipinski definition) is 4. The molecule has 1 aliphatic heterocycles. The predicted molar refractivity (Wildman–Crippen MR) is 98.3 cm³/mol. The van der Waals surface area contributed by atoms with Gasteiger partial charge in [-0.2, -0.15) is 0 Å². The van der Waals surface area contributed by atoms with Crippen molar-refractivity contribution in [2.24, 2.45) is 0 Å². The molecule has 0 atom stereocenters. The Bertz CT molecular complexity index is 954. The Balaban J connectivity index is 1.78. The molecular weight excluding hydrogens is 352 g/mol. The molecular formula is C19H20N2O4S. The molecule has 0 aliphatic carbocycles. The van der Waals surface area contributed by atoms with E-state index in [0.29, 0.717) is 18.7 Å². The fourth-order valence-electron chi connectivity index (χ4n) is 2.92. The molecule has 0 saturated carbocycles. The molecule has 1 heterocycles. The SMILES string of the molecule is CCS(=O)(=O)NC(=O)c1cccc(C(=O)N2CCc3ccccc3C2)c1. The largest absolute Gasteiger partial charge is 0.334 e. The zero-order valence-electron chi connectivity index (χ0n) is 14.4. The van der Waals surface area contributed by atoms with Crippen molar-refractivity contribution < 1.29 is 18.0 Å². The molecule has 6 nitrogen and oxygen atoms in total. The van der Waals surface area contributed by atoms with Crippen molar-refractivity contribution in [2.45, 2.75) is 19.9 Å². The van der Waals surface area contributed by atoms with Crippen LogP contribution in [-0.2, 0) is 23.0 Å². The van der Waals surface area contributed by atoms with Crippen LogP contribution in [0.2, 0.25) is 0 Å². The molecule has 0 fully saturated rings. The van der Waals surface area contributed by atoms with Gasteiger partial charge in [-0.15, -0.1) is 0 Å². The molecule has 2 aromatic carbocycles. The van der Waals surface area contributed by atoms with Crippen LogP contribution in [0.3, 0.4) is 0 Å². The highest BCUT2D eigenvalue weighted by Gasteiger charge is 2.22. The fraction of sp³-hybridized carbons (Fsp3) is 0.263. The standard InChI is InChI=1S/C19H20N2O4S/c1-2-26(24,25)20-18(22)15-8-5-9-16(12-15)19(23)21-11-10-14-6-3-4-7-17(14)13-21/h3-9,12H,2,10-11,13H2,1H3,(H,20,22). The maximum Gasteiger partial charge on any atom is 0.264 e. The Hall–Kier alpha value is -2.67. The first-order chi connectivity index (χ1) is 12.4. The van der Waals surface area contributed by atoms with Gasteiger partial charge >= 0.3 is 0 Å². The molecule has 2 aromatic rings. The highest BCUT2D eigenvalue weighted by atomic mass is 32.2. The molecule has 0 saturated heterocycles. The molecule has 2 amide bonds. The number of sulfonamides is 1. The van der Waals surface area contributed by atoms with Gasteiger partial charge in [0.05, 0.1) is 5.75 Å². The van der Waals surface area contributed by atoms with E-state index < -0.39 is 15.9 Å². The zero-order chi connectivity index (χ0) is 18.7. The third-order valence-corrected chi connectivity index (χ3v) is 5.67. The molecule has 3 rings (SSSR count). The lowest BCUT2D eigenvalue weighted by Gasteiger charge is -2.29. The number of rotatable bonds is 4. The van der Waals surface area contributed by atoms with Gasteiger partial charge < -0.3 is 4.90 Å². The zero-order valence-corrected chi connectivity index (χ0v) is 15.3. The summed E-state index contributed by atoms with van der Waals surface area (Å²) in [6.45, 7) is 2.58. The molecule has 1 aliphatic rings. The Morgan fingerprint density at radius 2 is 1.73 bits per heavy atom. The molecule has 0 spiro atoms. The smallest absolute Gasteiger partial charge is 0.264 e. The van der Waals surface area contributed by atoms with E-state index in [0.717, 1.165) is 12.0 Å². The van der Waals surface area contributed by atoms with Crippen molar-refractivity contribution in [3.63, 3.8) is 0 Å². The third kappa shape index (κ3) is 3.94. The summed E-state index contributed by atoms with van der Waals surface area (Å²) in [4.78, 5) is 26.7. The average molecular weight is 372 g/mol. The number of hydrogen-bond donors (Lipinski definition) is 1. The highest BCUT2D eigenvalue weighted by molar-refractivity contribution is 7.90. The molecule has 26 heavy (non-hydrogen) atoms. The third-order valence-electron chi connectivity index (χ3n) is 4.42. The molecule has 1 N–H and O–H groups in total. The van der Waals surface area contributed by atoms with Crippen LogP contribution in [0.15, 0.2) is 48.5 Å². The van der Waals surface area contributed by atoms with Gasteiger partial charge in [0.2, 0.25) is 10.0 Å². The summed E-state index contributed by atoms with van der Waals surface area (Å²) in [7, 11) is -3.65. The Morgan fingerprint density at radius 3 is 2.46 bits per heavy atom. The van der Waals surface area contributed by atoms with Gasteiger partial charge in [0.1, 0.15) is 0 Å². The van der Waals surface area contributed by atoms with Crippen LogP contribution in [0, 0.1) is 0 Å². The number of amides is 2. The van der Waals surface area contributed by atoms with Crippen LogP contribution in [-0.4, -0.2) is 37.4 Å². The topological polar surface area (TPSA) is 83.5 Å². The first kappa shape index (κ1) is 18.1. The Labute approximate surface area is 152 Å². The second-order valence-corrected chi connectivity index (χ2v) is 8.17. The monoisotopic (exact) mass is 372 g/mol. The number of nitrogens with zero attached hydrogens (tertiary/aromatic N) is 1. The van der Waals surface area contributed by atoms with E-state index in [9.17, 15) is 18.0 Å². The number of fused-ring (bicyclic) bond motifs is 1. The number of nitrogens with one attached hydrogen (secondary N) is 1. The maximum atomic E-state index is 12.8. The first-order valence-corrected chi connectivity index (χ1v) is 10.1. The molecule has 136 valence electrons. The van der Waals surface area contributed by atoms with Crippen LogP contribution in [0.4, 0.5) is 0 Å².